The molecule has 1 heterocycles. The van der Waals surface area contributed by atoms with Crippen LogP contribution >= 0.6 is 0 Å². The van der Waals surface area contributed by atoms with Gasteiger partial charge in [-0.15, -0.1) is 0 Å². The molecule has 2 unspecified atom stereocenters. The monoisotopic (exact) mass is 272 g/mol. The minimum Gasteiger partial charge on any atom is -0.319 e. The Hall–Kier alpha value is -1.35. The zero-order valence-corrected chi connectivity index (χ0v) is 12.4. The van der Waals surface area contributed by atoms with Crippen molar-refractivity contribution < 1.29 is 4.79 Å². The van der Waals surface area contributed by atoms with Crippen LogP contribution in [0.1, 0.15) is 56.3 Å². The molecule has 20 heavy (non-hydrogen) atoms. The van der Waals surface area contributed by atoms with Gasteiger partial charge in [0.15, 0.2) is 0 Å². The molecule has 1 saturated carbocycles. The van der Waals surface area contributed by atoms with Gasteiger partial charge in [0.1, 0.15) is 6.17 Å². The molecule has 2 atom stereocenters. The van der Waals surface area contributed by atoms with Crippen LogP contribution in [-0.2, 0) is 4.79 Å². The molecule has 1 aromatic rings. The van der Waals surface area contributed by atoms with Gasteiger partial charge in [0, 0.05) is 6.04 Å². The third kappa shape index (κ3) is 2.24. The number of nitrogens with zero attached hydrogens (tertiary/aromatic N) is 1. The molecule has 1 aliphatic carbocycles. The molecule has 0 bridgehead atoms. The Morgan fingerprint density at radius 2 is 2.05 bits per heavy atom. The average molecular weight is 272 g/mol. The van der Waals surface area contributed by atoms with Crippen LogP contribution in [0.25, 0.3) is 0 Å². The number of hydrogen-bond acceptors (Lipinski definition) is 2. The summed E-state index contributed by atoms with van der Waals surface area (Å²) in [6.07, 6.45) is 5.63. The second-order valence-electron chi connectivity index (χ2n) is 6.10. The first kappa shape index (κ1) is 13.6. The Kier molecular flexibility index (Phi) is 3.79. The standard InChI is InChI=1S/C17H24N2O/c1-3-7-15-17(20)19(13-9-6-10-13)16(18-15)14-11-5-4-8-12(14)2/h4-5,8,11,13,15-16,18H,3,6-7,9-10H2,1-2H3. The van der Waals surface area contributed by atoms with Gasteiger partial charge < -0.3 is 4.90 Å². The highest BCUT2D eigenvalue weighted by Gasteiger charge is 2.44. The molecule has 1 N–H and O–H groups in total. The maximum atomic E-state index is 12.7. The second-order valence-corrected chi connectivity index (χ2v) is 6.10. The minimum atomic E-state index is 0.00482. The first-order valence-electron chi connectivity index (χ1n) is 7.86. The van der Waals surface area contributed by atoms with Crippen LogP contribution in [-0.4, -0.2) is 22.9 Å². The fourth-order valence-corrected chi connectivity index (χ4v) is 3.33. The number of aryl methyl sites for hydroxylation is 1. The molecule has 0 aromatic heterocycles. The van der Waals surface area contributed by atoms with Gasteiger partial charge in [-0.2, -0.15) is 0 Å². The van der Waals surface area contributed by atoms with E-state index in [1.807, 2.05) is 0 Å². The molecule has 0 spiro atoms. The van der Waals surface area contributed by atoms with Crippen molar-refractivity contribution in [2.24, 2.45) is 0 Å². The van der Waals surface area contributed by atoms with Gasteiger partial charge in [-0.05, 0) is 43.7 Å². The summed E-state index contributed by atoms with van der Waals surface area (Å²) in [7, 11) is 0. The van der Waals surface area contributed by atoms with E-state index in [-0.39, 0.29) is 12.2 Å². The summed E-state index contributed by atoms with van der Waals surface area (Å²) >= 11 is 0. The number of benzene rings is 1. The highest BCUT2D eigenvalue weighted by Crippen LogP contribution is 2.36. The van der Waals surface area contributed by atoms with E-state index < -0.39 is 0 Å². The highest BCUT2D eigenvalue weighted by atomic mass is 16.2. The van der Waals surface area contributed by atoms with Crippen LogP contribution in [0.5, 0.6) is 0 Å². The van der Waals surface area contributed by atoms with Gasteiger partial charge in [0.05, 0.1) is 6.04 Å². The molecule has 0 radical (unpaired) electrons. The van der Waals surface area contributed by atoms with Crippen molar-refractivity contribution >= 4 is 5.91 Å². The first-order valence-corrected chi connectivity index (χ1v) is 7.86. The lowest BCUT2D eigenvalue weighted by molar-refractivity contribution is -0.134. The summed E-state index contributed by atoms with van der Waals surface area (Å²) in [6.45, 7) is 4.28. The van der Waals surface area contributed by atoms with Gasteiger partial charge in [0.25, 0.3) is 0 Å². The van der Waals surface area contributed by atoms with Crippen LogP contribution in [0, 0.1) is 6.92 Å². The van der Waals surface area contributed by atoms with Crippen LogP contribution in [0.15, 0.2) is 24.3 Å². The first-order chi connectivity index (χ1) is 9.72. The fourth-order valence-electron chi connectivity index (χ4n) is 3.33. The van der Waals surface area contributed by atoms with Crippen molar-refractivity contribution in [2.75, 3.05) is 0 Å². The summed E-state index contributed by atoms with van der Waals surface area (Å²) in [6, 6.07) is 8.87. The molecule has 1 amide bonds. The fraction of sp³-hybridized carbons (Fsp3) is 0.588. The lowest BCUT2D eigenvalue weighted by Gasteiger charge is -2.38. The molecule has 108 valence electrons. The second kappa shape index (κ2) is 5.57. The van der Waals surface area contributed by atoms with Crippen molar-refractivity contribution in [3.63, 3.8) is 0 Å². The van der Waals surface area contributed by atoms with E-state index in [1.54, 1.807) is 0 Å². The maximum Gasteiger partial charge on any atom is 0.241 e. The summed E-state index contributed by atoms with van der Waals surface area (Å²) in [5.41, 5.74) is 2.52. The van der Waals surface area contributed by atoms with Crippen molar-refractivity contribution in [1.29, 1.82) is 0 Å². The molecular weight excluding hydrogens is 248 g/mol. The number of amides is 1. The number of carbonyl (C=O) groups excluding carboxylic acids is 1. The molecule has 2 aliphatic rings. The van der Waals surface area contributed by atoms with E-state index in [2.05, 4.69) is 48.3 Å². The summed E-state index contributed by atoms with van der Waals surface area (Å²) in [5, 5.41) is 3.57. The van der Waals surface area contributed by atoms with E-state index in [1.165, 1.54) is 17.5 Å². The van der Waals surface area contributed by atoms with Crippen LogP contribution < -0.4 is 5.32 Å². The Labute approximate surface area is 121 Å². The Morgan fingerprint density at radius 3 is 2.65 bits per heavy atom. The SMILES string of the molecule is CCCC1NC(c2ccccc2C)N(C2CCC2)C1=O. The molecular formula is C17H24N2O. The van der Waals surface area contributed by atoms with Crippen LogP contribution in [0.3, 0.4) is 0 Å². The zero-order chi connectivity index (χ0) is 14.1. The normalized spacial score (nSPS) is 26.9. The van der Waals surface area contributed by atoms with Crippen molar-refractivity contribution in [3.05, 3.63) is 35.4 Å². The summed E-state index contributed by atoms with van der Waals surface area (Å²) in [4.78, 5) is 14.8. The van der Waals surface area contributed by atoms with Crippen molar-refractivity contribution in [2.45, 2.75) is 64.2 Å². The van der Waals surface area contributed by atoms with Gasteiger partial charge in [-0.25, -0.2) is 0 Å². The average Bonchev–Trinajstić information content (AvgIpc) is 2.68. The van der Waals surface area contributed by atoms with E-state index in [0.29, 0.717) is 11.9 Å². The summed E-state index contributed by atoms with van der Waals surface area (Å²) < 4.78 is 0. The van der Waals surface area contributed by atoms with E-state index in [0.717, 1.165) is 25.7 Å². The number of carbonyl (C=O) groups is 1. The number of rotatable bonds is 4. The predicted octanol–water partition coefficient (Wildman–Crippen LogP) is 3.15. The zero-order valence-electron chi connectivity index (χ0n) is 12.4. The van der Waals surface area contributed by atoms with Crippen molar-refractivity contribution in [1.82, 2.24) is 10.2 Å². The minimum absolute atomic E-state index is 0.00482. The molecule has 1 aliphatic heterocycles. The van der Waals surface area contributed by atoms with Gasteiger partial charge >= 0.3 is 0 Å². The molecule has 3 rings (SSSR count). The third-order valence-corrected chi connectivity index (χ3v) is 4.72. The Balaban J connectivity index is 1.90. The van der Waals surface area contributed by atoms with Gasteiger partial charge in [-0.3, -0.25) is 10.1 Å². The van der Waals surface area contributed by atoms with E-state index in [4.69, 9.17) is 0 Å². The van der Waals surface area contributed by atoms with Gasteiger partial charge in [-0.1, -0.05) is 37.6 Å². The Bertz CT molecular complexity index is 496. The van der Waals surface area contributed by atoms with Crippen LogP contribution in [0.2, 0.25) is 0 Å². The molecule has 3 nitrogen and oxygen atoms in total. The van der Waals surface area contributed by atoms with Crippen LogP contribution in [0.4, 0.5) is 0 Å². The smallest absolute Gasteiger partial charge is 0.241 e. The lowest BCUT2D eigenvalue weighted by Crippen LogP contribution is -2.44. The summed E-state index contributed by atoms with van der Waals surface area (Å²) in [5.74, 6) is 0.310. The largest absolute Gasteiger partial charge is 0.319 e. The third-order valence-electron chi connectivity index (χ3n) is 4.72. The number of hydrogen-bond donors (Lipinski definition) is 1. The molecule has 2 fully saturated rings. The quantitative estimate of drug-likeness (QED) is 0.913. The number of nitrogens with one attached hydrogen (secondary N) is 1. The lowest BCUT2D eigenvalue weighted by atomic mass is 9.90. The van der Waals surface area contributed by atoms with Gasteiger partial charge in [0.2, 0.25) is 5.91 Å². The molecule has 3 heteroatoms. The molecule has 1 aromatic carbocycles. The maximum absolute atomic E-state index is 12.7. The topological polar surface area (TPSA) is 32.3 Å². The van der Waals surface area contributed by atoms with E-state index in [9.17, 15) is 4.79 Å². The Morgan fingerprint density at radius 1 is 1.30 bits per heavy atom. The van der Waals surface area contributed by atoms with E-state index >= 15 is 0 Å². The highest BCUT2D eigenvalue weighted by molar-refractivity contribution is 5.85. The molecule has 1 saturated heterocycles. The predicted molar refractivity (Wildman–Crippen MR) is 80.2 cm³/mol. The van der Waals surface area contributed by atoms with Crippen molar-refractivity contribution in [3.8, 4) is 0 Å².